The van der Waals surface area contributed by atoms with Gasteiger partial charge in [0.25, 0.3) is 0 Å². The minimum atomic E-state index is 0.749. The van der Waals surface area contributed by atoms with Gasteiger partial charge in [0.15, 0.2) is 0 Å². The smallest absolute Gasteiger partial charge is 0.0906 e. The molecule has 0 saturated carbocycles. The van der Waals surface area contributed by atoms with Crippen LogP contribution in [-0.4, -0.2) is 19.9 Å². The second-order valence-electron chi connectivity index (χ2n) is 9.64. The molecule has 7 rings (SSSR count). The fraction of sp³-hybridized carbons (Fsp3) is 0. The first-order chi connectivity index (χ1) is 20.8. The minimum absolute atomic E-state index is 0.749. The van der Waals surface area contributed by atoms with Gasteiger partial charge in [-0.25, -0.2) is 4.98 Å². The molecule has 4 heterocycles. The molecule has 194 valence electrons. The number of fused-ring (bicyclic) bond motifs is 2. The zero-order valence-corrected chi connectivity index (χ0v) is 22.5. The first-order valence-corrected chi connectivity index (χ1v) is 13.6. The average Bonchev–Trinajstić information content (AvgIpc) is 3.07. The van der Waals surface area contributed by atoms with Crippen LogP contribution >= 0.6 is 0 Å². The van der Waals surface area contributed by atoms with Crippen LogP contribution in [-0.2, 0) is 0 Å². The average molecular weight is 535 g/mol. The van der Waals surface area contributed by atoms with Gasteiger partial charge in [0.1, 0.15) is 0 Å². The number of nitrogens with zero attached hydrogens (tertiary/aromatic N) is 4. The number of pyridine rings is 4. The lowest BCUT2D eigenvalue weighted by Crippen LogP contribution is -1.94. The standard InChI is InChI=1S/C38H22N4/c1-3-13-31-29(11-1)33(19-17-27-10-9-21-39-26-27)30-12-2-4-14-32(30)34(31)20-18-28-24-37(35-15-5-7-22-40-35)42-38(25-28)36-16-6-8-23-41-36/h1-16,21-26H. The van der Waals surface area contributed by atoms with Crippen LogP contribution in [0.3, 0.4) is 0 Å². The Labute approximate surface area is 243 Å². The number of benzene rings is 3. The van der Waals surface area contributed by atoms with Gasteiger partial charge in [-0.15, -0.1) is 0 Å². The van der Waals surface area contributed by atoms with Crippen LogP contribution in [0.2, 0.25) is 0 Å². The van der Waals surface area contributed by atoms with E-state index in [1.807, 2.05) is 84.9 Å². The zero-order valence-electron chi connectivity index (χ0n) is 22.5. The van der Waals surface area contributed by atoms with Crippen LogP contribution in [0.15, 0.2) is 134 Å². The summed E-state index contributed by atoms with van der Waals surface area (Å²) in [5.41, 5.74) is 6.71. The van der Waals surface area contributed by atoms with Gasteiger partial charge >= 0.3 is 0 Å². The molecule has 4 heteroatoms. The van der Waals surface area contributed by atoms with Gasteiger partial charge in [-0.05, 0) is 70.1 Å². The van der Waals surface area contributed by atoms with E-state index in [-0.39, 0.29) is 0 Å². The molecular weight excluding hydrogens is 512 g/mol. The lowest BCUT2D eigenvalue weighted by atomic mass is 9.92. The Kier molecular flexibility index (Phi) is 6.63. The van der Waals surface area contributed by atoms with Crippen LogP contribution in [0.25, 0.3) is 44.3 Å². The minimum Gasteiger partial charge on any atom is -0.263 e. The molecule has 0 aliphatic carbocycles. The summed E-state index contributed by atoms with van der Waals surface area (Å²) in [5, 5.41) is 4.25. The second kappa shape index (κ2) is 11.2. The molecule has 0 radical (unpaired) electrons. The third kappa shape index (κ3) is 4.97. The van der Waals surface area contributed by atoms with Crippen LogP contribution in [0.4, 0.5) is 0 Å². The molecule has 0 bridgehead atoms. The van der Waals surface area contributed by atoms with E-state index in [2.05, 4.69) is 62.9 Å². The highest BCUT2D eigenvalue weighted by atomic mass is 14.8. The molecule has 0 amide bonds. The molecule has 0 atom stereocenters. The largest absolute Gasteiger partial charge is 0.263 e. The molecule has 42 heavy (non-hydrogen) atoms. The van der Waals surface area contributed by atoms with E-state index in [4.69, 9.17) is 4.98 Å². The molecule has 4 nitrogen and oxygen atoms in total. The summed E-state index contributed by atoms with van der Waals surface area (Å²) in [5.74, 6) is 13.7. The summed E-state index contributed by atoms with van der Waals surface area (Å²) in [6, 6.07) is 36.1. The number of aromatic nitrogens is 4. The Balaban J connectivity index is 1.43. The molecule has 3 aromatic carbocycles. The van der Waals surface area contributed by atoms with Crippen LogP contribution in [0.5, 0.6) is 0 Å². The van der Waals surface area contributed by atoms with E-state index in [0.29, 0.717) is 0 Å². The van der Waals surface area contributed by atoms with Crippen molar-refractivity contribution in [3.8, 4) is 46.5 Å². The van der Waals surface area contributed by atoms with Crippen LogP contribution in [0, 0.1) is 23.7 Å². The number of hydrogen-bond acceptors (Lipinski definition) is 4. The van der Waals surface area contributed by atoms with Gasteiger partial charge < -0.3 is 0 Å². The van der Waals surface area contributed by atoms with E-state index in [1.54, 1.807) is 24.8 Å². The summed E-state index contributed by atoms with van der Waals surface area (Å²) in [4.78, 5) is 18.1. The molecule has 0 aliphatic rings. The van der Waals surface area contributed by atoms with Crippen molar-refractivity contribution < 1.29 is 0 Å². The van der Waals surface area contributed by atoms with Gasteiger partial charge in [-0.2, -0.15) is 0 Å². The first-order valence-electron chi connectivity index (χ1n) is 13.6. The monoisotopic (exact) mass is 534 g/mol. The van der Waals surface area contributed by atoms with Crippen molar-refractivity contribution in [2.24, 2.45) is 0 Å². The number of rotatable bonds is 2. The molecular formula is C38H22N4. The fourth-order valence-electron chi connectivity index (χ4n) is 5.00. The first kappa shape index (κ1) is 24.9. The van der Waals surface area contributed by atoms with Crippen molar-refractivity contribution in [1.29, 1.82) is 0 Å². The molecule has 0 saturated heterocycles. The molecule has 0 aliphatic heterocycles. The predicted molar refractivity (Wildman–Crippen MR) is 168 cm³/mol. The summed E-state index contributed by atoms with van der Waals surface area (Å²) in [7, 11) is 0. The predicted octanol–water partition coefficient (Wildman–Crippen LogP) is 7.71. The van der Waals surface area contributed by atoms with E-state index in [0.717, 1.165) is 66.6 Å². The highest BCUT2D eigenvalue weighted by Gasteiger charge is 2.12. The topological polar surface area (TPSA) is 51.6 Å². The van der Waals surface area contributed by atoms with E-state index in [1.165, 1.54) is 0 Å². The van der Waals surface area contributed by atoms with Gasteiger partial charge in [0.05, 0.1) is 22.8 Å². The van der Waals surface area contributed by atoms with Gasteiger partial charge in [-0.1, -0.05) is 84.3 Å². The number of hydrogen-bond donors (Lipinski definition) is 0. The lowest BCUT2D eigenvalue weighted by Gasteiger charge is -2.10. The van der Waals surface area contributed by atoms with Gasteiger partial charge in [0, 0.05) is 47.0 Å². The zero-order chi connectivity index (χ0) is 28.1. The highest BCUT2D eigenvalue weighted by molar-refractivity contribution is 6.09. The normalized spacial score (nSPS) is 10.5. The Bertz CT molecular complexity index is 2070. The van der Waals surface area contributed by atoms with Gasteiger partial charge in [0.2, 0.25) is 0 Å². The fourth-order valence-corrected chi connectivity index (χ4v) is 5.00. The molecule has 4 aromatic heterocycles. The maximum Gasteiger partial charge on any atom is 0.0906 e. The highest BCUT2D eigenvalue weighted by Crippen LogP contribution is 2.32. The lowest BCUT2D eigenvalue weighted by molar-refractivity contribution is 1.21. The van der Waals surface area contributed by atoms with Crippen molar-refractivity contribution in [3.63, 3.8) is 0 Å². The van der Waals surface area contributed by atoms with Crippen molar-refractivity contribution in [1.82, 2.24) is 19.9 Å². The third-order valence-electron chi connectivity index (χ3n) is 6.94. The van der Waals surface area contributed by atoms with Crippen LogP contribution in [0.1, 0.15) is 22.3 Å². The van der Waals surface area contributed by atoms with E-state index >= 15 is 0 Å². The molecule has 0 spiro atoms. The third-order valence-corrected chi connectivity index (χ3v) is 6.94. The Morgan fingerprint density at radius 2 is 0.905 bits per heavy atom. The molecule has 0 unspecified atom stereocenters. The quantitative estimate of drug-likeness (QED) is 0.168. The molecule has 7 aromatic rings. The molecule has 0 N–H and O–H groups in total. The summed E-state index contributed by atoms with van der Waals surface area (Å²) in [6.07, 6.45) is 7.08. The van der Waals surface area contributed by atoms with E-state index in [9.17, 15) is 0 Å². The summed E-state index contributed by atoms with van der Waals surface area (Å²) in [6.45, 7) is 0. The summed E-state index contributed by atoms with van der Waals surface area (Å²) < 4.78 is 0. The molecule has 0 fully saturated rings. The maximum absolute atomic E-state index is 4.87. The summed E-state index contributed by atoms with van der Waals surface area (Å²) >= 11 is 0. The van der Waals surface area contributed by atoms with Gasteiger partial charge in [-0.3, -0.25) is 15.0 Å². The van der Waals surface area contributed by atoms with Crippen molar-refractivity contribution >= 4 is 21.5 Å². The van der Waals surface area contributed by atoms with Crippen molar-refractivity contribution in [2.45, 2.75) is 0 Å². The van der Waals surface area contributed by atoms with Crippen molar-refractivity contribution in [3.05, 3.63) is 156 Å². The Morgan fingerprint density at radius 1 is 0.405 bits per heavy atom. The van der Waals surface area contributed by atoms with Crippen molar-refractivity contribution in [2.75, 3.05) is 0 Å². The van der Waals surface area contributed by atoms with E-state index < -0.39 is 0 Å². The maximum atomic E-state index is 4.87. The SMILES string of the molecule is C(#Cc1c2ccccc2c(C#Cc2cc(-c3ccccn3)nc(-c3ccccn3)c2)c2ccccc12)c1cccnc1. The Morgan fingerprint density at radius 3 is 1.36 bits per heavy atom. The Hall–Kier alpha value is -6.10. The second-order valence-corrected chi connectivity index (χ2v) is 9.64. The van der Waals surface area contributed by atoms with Crippen LogP contribution < -0.4 is 0 Å².